The second kappa shape index (κ2) is 9.38. The molecule has 4 aromatic rings. The molecule has 32 heavy (non-hydrogen) atoms. The van der Waals surface area contributed by atoms with Gasteiger partial charge in [-0.15, -0.1) is 0 Å². The Morgan fingerprint density at radius 1 is 0.656 bits per heavy atom. The van der Waals surface area contributed by atoms with Crippen LogP contribution in [0, 0.1) is 0 Å². The third-order valence-electron chi connectivity index (χ3n) is 4.35. The maximum absolute atomic E-state index is 11.4. The number of aromatic nitrogens is 2. The van der Waals surface area contributed by atoms with Crippen molar-refractivity contribution in [3.63, 3.8) is 0 Å². The quantitative estimate of drug-likeness (QED) is 0.258. The van der Waals surface area contributed by atoms with Gasteiger partial charge in [0.05, 0.1) is 31.1 Å². The molecule has 0 spiro atoms. The number of fused-ring (bicyclic) bond motifs is 1. The van der Waals surface area contributed by atoms with E-state index >= 15 is 0 Å². The number of rotatable bonds is 5. The van der Waals surface area contributed by atoms with Gasteiger partial charge < -0.3 is 16.0 Å². The number of amides is 1. The van der Waals surface area contributed by atoms with Crippen molar-refractivity contribution < 1.29 is 4.79 Å². The minimum Gasteiger partial charge on any atom is -0.337 e. The Hall–Kier alpha value is -2.77. The predicted molar refractivity (Wildman–Crippen MR) is 133 cm³/mol. The van der Waals surface area contributed by atoms with Gasteiger partial charge in [0, 0.05) is 24.0 Å². The van der Waals surface area contributed by atoms with Gasteiger partial charge >= 0.3 is 0 Å². The lowest BCUT2D eigenvalue weighted by Crippen LogP contribution is -2.06. The first-order valence-corrected chi connectivity index (χ1v) is 10.8. The zero-order valence-corrected chi connectivity index (χ0v) is 19.5. The predicted octanol–water partition coefficient (Wildman–Crippen LogP) is 7.69. The number of carbonyl (C=O) groups is 1. The summed E-state index contributed by atoms with van der Waals surface area (Å²) >= 11 is 24.4. The monoisotopic (exact) mass is 505 g/mol. The molecule has 0 atom stereocenters. The molecule has 0 saturated heterocycles. The number of carbonyl (C=O) groups excluding carboxylic acids is 1. The van der Waals surface area contributed by atoms with Crippen LogP contribution in [-0.4, -0.2) is 15.9 Å². The normalized spacial score (nSPS) is 10.8. The highest BCUT2D eigenvalue weighted by molar-refractivity contribution is 6.42. The SMILES string of the molecule is CC(=O)Nc1ccc2nc(Nc3ccc(Cl)c(Cl)c3)c(Nc3ccc(Cl)c(Cl)c3)nc2c1. The zero-order valence-electron chi connectivity index (χ0n) is 16.5. The van der Waals surface area contributed by atoms with Crippen molar-refractivity contribution in [2.24, 2.45) is 0 Å². The summed E-state index contributed by atoms with van der Waals surface area (Å²) in [4.78, 5) is 20.8. The second-order valence-corrected chi connectivity index (χ2v) is 8.44. The minimum absolute atomic E-state index is 0.177. The van der Waals surface area contributed by atoms with Crippen LogP contribution in [0.2, 0.25) is 20.1 Å². The van der Waals surface area contributed by atoms with Gasteiger partial charge in [-0.3, -0.25) is 4.79 Å². The fourth-order valence-corrected chi connectivity index (χ4v) is 3.53. The van der Waals surface area contributed by atoms with Gasteiger partial charge in [-0.1, -0.05) is 46.4 Å². The number of hydrogen-bond acceptors (Lipinski definition) is 5. The van der Waals surface area contributed by atoms with Crippen molar-refractivity contribution in [3.05, 3.63) is 74.7 Å². The lowest BCUT2D eigenvalue weighted by molar-refractivity contribution is -0.114. The number of halogens is 4. The third-order valence-corrected chi connectivity index (χ3v) is 5.83. The maximum Gasteiger partial charge on any atom is 0.221 e. The van der Waals surface area contributed by atoms with Crippen LogP contribution in [0.5, 0.6) is 0 Å². The summed E-state index contributed by atoms with van der Waals surface area (Å²) in [5.41, 5.74) is 3.17. The van der Waals surface area contributed by atoms with Crippen LogP contribution in [0.4, 0.5) is 28.7 Å². The highest BCUT2D eigenvalue weighted by atomic mass is 35.5. The largest absolute Gasteiger partial charge is 0.337 e. The van der Waals surface area contributed by atoms with Gasteiger partial charge in [0.25, 0.3) is 0 Å². The Kier molecular flexibility index (Phi) is 6.58. The molecule has 4 rings (SSSR count). The molecule has 0 aliphatic rings. The van der Waals surface area contributed by atoms with Gasteiger partial charge in [0.1, 0.15) is 0 Å². The van der Waals surface area contributed by atoms with Crippen molar-refractivity contribution in [2.45, 2.75) is 6.92 Å². The van der Waals surface area contributed by atoms with E-state index in [9.17, 15) is 4.79 Å². The van der Waals surface area contributed by atoms with Gasteiger partial charge in [-0.2, -0.15) is 0 Å². The molecule has 162 valence electrons. The van der Waals surface area contributed by atoms with Gasteiger partial charge in [0.15, 0.2) is 11.6 Å². The lowest BCUT2D eigenvalue weighted by Gasteiger charge is -2.15. The van der Waals surface area contributed by atoms with Gasteiger partial charge in [0.2, 0.25) is 5.91 Å². The number of nitrogens with zero attached hydrogens (tertiary/aromatic N) is 2. The topological polar surface area (TPSA) is 78.9 Å². The molecule has 1 amide bonds. The van der Waals surface area contributed by atoms with Crippen LogP contribution in [-0.2, 0) is 4.79 Å². The molecule has 1 heterocycles. The molecule has 10 heteroatoms. The van der Waals surface area contributed by atoms with Gasteiger partial charge in [-0.05, 0) is 54.6 Å². The summed E-state index contributed by atoms with van der Waals surface area (Å²) in [5, 5.41) is 10.9. The number of hydrogen-bond donors (Lipinski definition) is 3. The molecule has 0 fully saturated rings. The first-order chi connectivity index (χ1) is 15.3. The molecule has 3 aromatic carbocycles. The Morgan fingerprint density at radius 3 is 1.66 bits per heavy atom. The van der Waals surface area contributed by atoms with Crippen molar-refractivity contribution in [3.8, 4) is 0 Å². The van der Waals surface area contributed by atoms with E-state index < -0.39 is 0 Å². The Bertz CT molecular complexity index is 1350. The number of benzene rings is 3. The molecular weight excluding hydrogens is 492 g/mol. The first kappa shape index (κ1) is 22.4. The molecule has 0 saturated carbocycles. The summed E-state index contributed by atoms with van der Waals surface area (Å²) in [7, 11) is 0. The van der Waals surface area contributed by atoms with E-state index in [1.807, 2.05) is 0 Å². The van der Waals surface area contributed by atoms with Crippen LogP contribution in [0.1, 0.15) is 6.92 Å². The fraction of sp³-hybridized carbons (Fsp3) is 0.0455. The zero-order chi connectivity index (χ0) is 22.8. The average molecular weight is 507 g/mol. The van der Waals surface area contributed by atoms with Crippen molar-refractivity contribution >= 4 is 92.0 Å². The van der Waals surface area contributed by atoms with Crippen LogP contribution >= 0.6 is 46.4 Å². The molecule has 0 bridgehead atoms. The smallest absolute Gasteiger partial charge is 0.221 e. The molecular formula is C22H15Cl4N5O. The number of nitrogens with one attached hydrogen (secondary N) is 3. The van der Waals surface area contributed by atoms with E-state index in [0.717, 1.165) is 0 Å². The third kappa shape index (κ3) is 5.16. The van der Waals surface area contributed by atoms with E-state index in [4.69, 9.17) is 56.4 Å². The highest BCUT2D eigenvalue weighted by Gasteiger charge is 2.13. The molecule has 1 aromatic heterocycles. The Labute approximate surface area is 203 Å². The highest BCUT2D eigenvalue weighted by Crippen LogP contribution is 2.33. The summed E-state index contributed by atoms with van der Waals surface area (Å²) in [5.74, 6) is 0.709. The lowest BCUT2D eigenvalue weighted by atomic mass is 10.2. The number of anilines is 5. The Morgan fingerprint density at radius 2 is 1.16 bits per heavy atom. The molecule has 0 aliphatic carbocycles. The molecule has 3 N–H and O–H groups in total. The van der Waals surface area contributed by atoms with Crippen LogP contribution in [0.25, 0.3) is 11.0 Å². The van der Waals surface area contributed by atoms with Crippen molar-refractivity contribution in [1.82, 2.24) is 9.97 Å². The van der Waals surface area contributed by atoms with Crippen molar-refractivity contribution in [1.29, 1.82) is 0 Å². The van der Waals surface area contributed by atoms with Crippen molar-refractivity contribution in [2.75, 3.05) is 16.0 Å². The van der Waals surface area contributed by atoms with Crippen LogP contribution in [0.3, 0.4) is 0 Å². The second-order valence-electron chi connectivity index (χ2n) is 6.81. The molecule has 0 radical (unpaired) electrons. The summed E-state index contributed by atoms with van der Waals surface area (Å²) < 4.78 is 0. The summed E-state index contributed by atoms with van der Waals surface area (Å²) in [6.45, 7) is 1.44. The van der Waals surface area contributed by atoms with E-state index in [-0.39, 0.29) is 5.91 Å². The summed E-state index contributed by atoms with van der Waals surface area (Å²) in [6.07, 6.45) is 0. The maximum atomic E-state index is 11.4. The van der Waals surface area contributed by atoms with E-state index in [0.29, 0.717) is 59.8 Å². The fourth-order valence-electron chi connectivity index (χ4n) is 2.93. The van der Waals surface area contributed by atoms with Crippen LogP contribution < -0.4 is 16.0 Å². The molecule has 0 aliphatic heterocycles. The summed E-state index contributed by atoms with van der Waals surface area (Å²) in [6, 6.07) is 15.6. The van der Waals surface area contributed by atoms with E-state index in [1.165, 1.54) is 6.92 Å². The molecule has 0 unspecified atom stereocenters. The van der Waals surface area contributed by atoms with E-state index in [2.05, 4.69) is 16.0 Å². The standard InChI is InChI=1S/C22H15Cl4N5O/c1-11(32)27-14-4-7-19-20(10-14)31-22(29-13-3-6-16(24)18(26)9-13)21(30-19)28-12-2-5-15(23)17(25)8-12/h2-10H,1H3,(H,27,32)(H,28,30)(H,29,31). The Balaban J connectivity index is 1.79. The van der Waals surface area contributed by atoms with Crippen LogP contribution in [0.15, 0.2) is 54.6 Å². The molecule has 6 nitrogen and oxygen atoms in total. The average Bonchev–Trinajstić information content (AvgIpc) is 2.73. The van der Waals surface area contributed by atoms with E-state index in [1.54, 1.807) is 54.6 Å². The van der Waals surface area contributed by atoms with Gasteiger partial charge in [-0.25, -0.2) is 9.97 Å². The minimum atomic E-state index is -0.177. The first-order valence-electron chi connectivity index (χ1n) is 9.32.